The van der Waals surface area contributed by atoms with Crippen molar-refractivity contribution in [2.24, 2.45) is 0 Å². The van der Waals surface area contributed by atoms with E-state index >= 15 is 0 Å². The van der Waals surface area contributed by atoms with E-state index in [2.05, 4.69) is 41.5 Å². The van der Waals surface area contributed by atoms with Gasteiger partial charge in [0.25, 0.3) is 0 Å². The molecule has 0 amide bonds. The van der Waals surface area contributed by atoms with Crippen LogP contribution in [0.2, 0.25) is 24.2 Å². The summed E-state index contributed by atoms with van der Waals surface area (Å²) in [5.41, 5.74) is 0. The molecule has 29 heavy (non-hydrogen) atoms. The average Bonchev–Trinajstić information content (AvgIpc) is 2.73. The summed E-state index contributed by atoms with van der Waals surface area (Å²) in [5.74, 6) is 0. The normalized spacial score (nSPS) is 12.6. The molecule has 176 valence electrons. The van der Waals surface area contributed by atoms with Gasteiger partial charge in [-0.1, -0.05) is 106 Å². The third-order valence-corrected chi connectivity index (χ3v) is 14.6. The van der Waals surface area contributed by atoms with Gasteiger partial charge in [0.05, 0.1) is 0 Å². The van der Waals surface area contributed by atoms with Gasteiger partial charge in [0, 0.05) is 13.2 Å². The van der Waals surface area contributed by atoms with E-state index in [-0.39, 0.29) is 0 Å². The van der Waals surface area contributed by atoms with Crippen LogP contribution in [0.5, 0.6) is 0 Å². The maximum Gasteiger partial charge on any atom is 0.329 e. The van der Waals surface area contributed by atoms with Crippen molar-refractivity contribution < 1.29 is 13.0 Å². The molecule has 5 heteroatoms. The van der Waals surface area contributed by atoms with E-state index in [1.807, 2.05) is 0 Å². The Labute approximate surface area is 186 Å². The monoisotopic (exact) mass is 446 g/mol. The summed E-state index contributed by atoms with van der Waals surface area (Å²) in [6, 6.07) is 4.60. The minimum atomic E-state index is -2.23. The molecular formula is C24H54O3Si2. The molecule has 0 spiro atoms. The number of unbranched alkanes of at least 4 members (excludes halogenated alkanes) is 6. The van der Waals surface area contributed by atoms with Crippen molar-refractivity contribution in [1.29, 1.82) is 0 Å². The maximum atomic E-state index is 7.36. The molecule has 0 radical (unpaired) electrons. The van der Waals surface area contributed by atoms with Crippen LogP contribution in [0.4, 0.5) is 0 Å². The number of rotatable bonds is 22. The first kappa shape index (κ1) is 29.3. The Kier molecular flexibility index (Phi) is 19.2. The van der Waals surface area contributed by atoms with Gasteiger partial charge < -0.3 is 13.0 Å². The van der Waals surface area contributed by atoms with Crippen molar-refractivity contribution in [1.82, 2.24) is 0 Å². The van der Waals surface area contributed by atoms with Crippen molar-refractivity contribution >= 4 is 17.1 Å². The second-order valence-electron chi connectivity index (χ2n) is 8.74. The average molecular weight is 447 g/mol. The fraction of sp³-hybridized carbons (Fsp3) is 1.00. The van der Waals surface area contributed by atoms with Crippen LogP contribution in [0.25, 0.3) is 0 Å². The molecule has 0 unspecified atom stereocenters. The first-order chi connectivity index (χ1) is 14.1. The highest BCUT2D eigenvalue weighted by atomic mass is 28.5. The van der Waals surface area contributed by atoms with Gasteiger partial charge in [0.1, 0.15) is 0 Å². The van der Waals surface area contributed by atoms with E-state index in [1.165, 1.54) is 64.2 Å². The zero-order valence-corrected chi connectivity index (χ0v) is 23.0. The smallest absolute Gasteiger partial charge is 0.329 e. The molecule has 0 rings (SSSR count). The van der Waals surface area contributed by atoms with Gasteiger partial charge in [0.15, 0.2) is 0 Å². The Bertz CT molecular complexity index is 305. The molecule has 0 saturated heterocycles. The van der Waals surface area contributed by atoms with Crippen LogP contribution in [0.1, 0.15) is 119 Å². The summed E-state index contributed by atoms with van der Waals surface area (Å²) in [6.07, 6.45) is 14.4. The second-order valence-corrected chi connectivity index (χ2v) is 15.8. The Morgan fingerprint density at radius 2 is 0.690 bits per heavy atom. The summed E-state index contributed by atoms with van der Waals surface area (Å²) in [6.45, 7) is 15.4. The Morgan fingerprint density at radius 3 is 0.931 bits per heavy atom. The fourth-order valence-corrected chi connectivity index (χ4v) is 14.2. The molecule has 3 nitrogen and oxygen atoms in total. The summed E-state index contributed by atoms with van der Waals surface area (Å²) in [7, 11) is -4.47. The molecule has 0 aliphatic heterocycles. The van der Waals surface area contributed by atoms with E-state index in [0.29, 0.717) is 0 Å². The van der Waals surface area contributed by atoms with Crippen LogP contribution in [0.15, 0.2) is 0 Å². The predicted molar refractivity (Wildman–Crippen MR) is 133 cm³/mol. The largest absolute Gasteiger partial charge is 0.414 e. The summed E-state index contributed by atoms with van der Waals surface area (Å²) in [5, 5.41) is 0. The molecule has 0 aliphatic carbocycles. The highest BCUT2D eigenvalue weighted by molar-refractivity contribution is 6.81. The minimum absolute atomic E-state index is 0.872. The van der Waals surface area contributed by atoms with E-state index in [9.17, 15) is 0 Å². The first-order valence-corrected chi connectivity index (χ1v) is 17.5. The van der Waals surface area contributed by atoms with Crippen LogP contribution in [0, 0.1) is 0 Å². The number of hydrogen-bond acceptors (Lipinski definition) is 3. The van der Waals surface area contributed by atoms with Gasteiger partial charge in [-0.25, -0.2) is 0 Å². The summed E-state index contributed by atoms with van der Waals surface area (Å²) in [4.78, 5) is 0. The van der Waals surface area contributed by atoms with Crippen LogP contribution >= 0.6 is 0 Å². The molecule has 0 fully saturated rings. The lowest BCUT2D eigenvalue weighted by atomic mass is 10.4. The quantitative estimate of drug-likeness (QED) is 0.123. The molecule has 0 aromatic rings. The zero-order valence-electron chi connectivity index (χ0n) is 21.0. The lowest BCUT2D eigenvalue weighted by molar-refractivity contribution is 0.173. The molecule has 0 aromatic heterocycles. The molecule has 0 saturated carbocycles. The van der Waals surface area contributed by atoms with E-state index in [4.69, 9.17) is 13.0 Å². The van der Waals surface area contributed by atoms with E-state index in [1.54, 1.807) is 0 Å². The number of hydrogen-bond donors (Lipinski definition) is 0. The summed E-state index contributed by atoms with van der Waals surface area (Å²) >= 11 is 0. The molecule has 0 aliphatic rings. The Balaban J connectivity index is 5.72. The Morgan fingerprint density at radius 1 is 0.414 bits per heavy atom. The van der Waals surface area contributed by atoms with Crippen molar-refractivity contribution in [3.63, 3.8) is 0 Å². The molecule has 0 aromatic carbocycles. The van der Waals surface area contributed by atoms with Gasteiger partial charge in [0.2, 0.25) is 0 Å². The zero-order chi connectivity index (χ0) is 21.8. The van der Waals surface area contributed by atoms with E-state index < -0.39 is 17.1 Å². The lowest BCUT2D eigenvalue weighted by Gasteiger charge is -2.41. The topological polar surface area (TPSA) is 27.7 Å². The molecular weight excluding hydrogens is 392 g/mol. The minimum Gasteiger partial charge on any atom is -0.414 e. The Hall–Kier alpha value is 0.314. The van der Waals surface area contributed by atoms with E-state index in [0.717, 1.165) is 50.2 Å². The third-order valence-electron chi connectivity index (χ3n) is 5.74. The maximum absolute atomic E-state index is 7.36. The third kappa shape index (κ3) is 13.4. The van der Waals surface area contributed by atoms with Crippen molar-refractivity contribution in [3.05, 3.63) is 0 Å². The standard InChI is InChI=1S/C24H54O3Si2/c1-7-13-19-25-28(21-15-9-3,22-16-10-4)27-29(23-17-11-5,24-18-12-6)26-20-14-8-2/h7-24H2,1-6H3. The van der Waals surface area contributed by atoms with Crippen molar-refractivity contribution in [2.75, 3.05) is 13.2 Å². The highest BCUT2D eigenvalue weighted by Gasteiger charge is 2.47. The highest BCUT2D eigenvalue weighted by Crippen LogP contribution is 2.34. The van der Waals surface area contributed by atoms with Gasteiger partial charge in [-0.05, 0) is 37.0 Å². The summed E-state index contributed by atoms with van der Waals surface area (Å²) < 4.78 is 20.9. The van der Waals surface area contributed by atoms with Crippen LogP contribution < -0.4 is 0 Å². The molecule has 0 atom stereocenters. The fourth-order valence-electron chi connectivity index (χ4n) is 3.73. The van der Waals surface area contributed by atoms with Crippen LogP contribution in [-0.2, 0) is 13.0 Å². The SMILES string of the molecule is CCCCO[Si](CCCC)(CCCC)O[Si](CCCC)(CCCC)OCCCC. The molecule has 0 N–H and O–H groups in total. The lowest BCUT2D eigenvalue weighted by Crippen LogP contribution is -2.55. The molecule has 0 bridgehead atoms. The first-order valence-electron chi connectivity index (χ1n) is 13.1. The van der Waals surface area contributed by atoms with Gasteiger partial charge in [-0.15, -0.1) is 0 Å². The van der Waals surface area contributed by atoms with Gasteiger partial charge >= 0.3 is 17.1 Å². The van der Waals surface area contributed by atoms with Crippen molar-refractivity contribution in [3.8, 4) is 0 Å². The predicted octanol–water partition coefficient (Wildman–Crippen LogP) is 8.72. The van der Waals surface area contributed by atoms with Crippen LogP contribution in [-0.4, -0.2) is 30.3 Å². The molecule has 0 heterocycles. The van der Waals surface area contributed by atoms with Crippen molar-refractivity contribution in [2.45, 2.75) is 143 Å². The second kappa shape index (κ2) is 19.0. The van der Waals surface area contributed by atoms with Gasteiger partial charge in [-0.2, -0.15) is 0 Å². The van der Waals surface area contributed by atoms with Crippen LogP contribution in [0.3, 0.4) is 0 Å². The van der Waals surface area contributed by atoms with Gasteiger partial charge in [-0.3, -0.25) is 0 Å².